The second kappa shape index (κ2) is 11.9. The van der Waals surface area contributed by atoms with Crippen LogP contribution in [0.4, 0.5) is 0 Å². The highest BCUT2D eigenvalue weighted by Gasteiger charge is 2.26. The van der Waals surface area contributed by atoms with E-state index in [0.717, 1.165) is 24.0 Å². The molecule has 3 aromatic rings. The van der Waals surface area contributed by atoms with Gasteiger partial charge in [0.1, 0.15) is 17.2 Å². The zero-order valence-electron chi connectivity index (χ0n) is 23.5. The summed E-state index contributed by atoms with van der Waals surface area (Å²) in [6.45, 7) is 16.8. The van der Waals surface area contributed by atoms with Crippen molar-refractivity contribution in [2.45, 2.75) is 78.6 Å². The van der Waals surface area contributed by atoms with E-state index in [9.17, 15) is 9.90 Å². The Labute approximate surface area is 222 Å². The Balaban J connectivity index is 1.67. The normalized spacial score (nSPS) is 12.0. The maximum Gasteiger partial charge on any atom is 0.255 e. The summed E-state index contributed by atoms with van der Waals surface area (Å²) in [7, 11) is 0. The van der Waals surface area contributed by atoms with Crippen molar-refractivity contribution in [1.82, 2.24) is 5.32 Å². The third kappa shape index (κ3) is 6.38. The Morgan fingerprint density at radius 1 is 0.865 bits per heavy atom. The van der Waals surface area contributed by atoms with Crippen LogP contribution in [-0.4, -0.2) is 30.8 Å². The van der Waals surface area contributed by atoms with Gasteiger partial charge in [-0.05, 0) is 54.7 Å². The summed E-state index contributed by atoms with van der Waals surface area (Å²) >= 11 is 0. The molecule has 0 heterocycles. The highest BCUT2D eigenvalue weighted by Crippen LogP contribution is 2.39. The molecule has 0 saturated carbocycles. The van der Waals surface area contributed by atoms with Crippen molar-refractivity contribution in [2.75, 3.05) is 19.8 Å². The van der Waals surface area contributed by atoms with Gasteiger partial charge in [-0.2, -0.15) is 0 Å². The van der Waals surface area contributed by atoms with Crippen LogP contribution in [0, 0.1) is 0 Å². The molecule has 0 spiro atoms. The number of phenolic OH excluding ortho intramolecular Hbond substituents is 1. The predicted molar refractivity (Wildman–Crippen MR) is 152 cm³/mol. The average molecular weight is 506 g/mol. The van der Waals surface area contributed by atoms with Crippen LogP contribution in [-0.2, 0) is 10.8 Å². The number of amides is 1. The molecule has 0 bridgehead atoms. The van der Waals surface area contributed by atoms with E-state index in [1.165, 1.54) is 11.1 Å². The molecule has 0 aromatic heterocycles. The number of rotatable bonds is 12. The summed E-state index contributed by atoms with van der Waals surface area (Å²) in [5.41, 5.74) is 2.87. The van der Waals surface area contributed by atoms with Gasteiger partial charge in [0.25, 0.3) is 5.91 Å². The zero-order chi connectivity index (χ0) is 27.2. The Kier molecular flexibility index (Phi) is 9.12. The minimum absolute atomic E-state index is 0.00470. The second-order valence-electron chi connectivity index (χ2n) is 10.9. The minimum atomic E-state index is -0.330. The Hall–Kier alpha value is -3.21. The fourth-order valence-electron chi connectivity index (χ4n) is 4.33. The standard InChI is InChI=1S/C32H43NO4/c1-8-31(4,5)22-16-17-27(26(20-22)32(6,7)9-2)37-19-13-18-33-30(35)25-21-28(36-10-3)23-14-11-12-15-24(23)29(25)34/h11-12,14-17,20-21,34H,8-10,13,18-19H2,1-7H3,(H,33,35). The van der Waals surface area contributed by atoms with Gasteiger partial charge >= 0.3 is 0 Å². The first-order chi connectivity index (χ1) is 17.6. The molecule has 5 nitrogen and oxygen atoms in total. The lowest BCUT2D eigenvalue weighted by Crippen LogP contribution is -2.26. The molecule has 0 atom stereocenters. The molecule has 0 aliphatic rings. The Morgan fingerprint density at radius 2 is 1.54 bits per heavy atom. The van der Waals surface area contributed by atoms with E-state index in [2.05, 4.69) is 65.1 Å². The van der Waals surface area contributed by atoms with Gasteiger partial charge in [-0.3, -0.25) is 4.79 Å². The number of nitrogens with one attached hydrogen (secondary N) is 1. The van der Waals surface area contributed by atoms with E-state index in [1.54, 1.807) is 12.1 Å². The molecule has 0 unspecified atom stereocenters. The van der Waals surface area contributed by atoms with E-state index in [0.29, 0.717) is 37.3 Å². The second-order valence-corrected chi connectivity index (χ2v) is 10.9. The fourth-order valence-corrected chi connectivity index (χ4v) is 4.33. The Morgan fingerprint density at radius 3 is 2.19 bits per heavy atom. The molecule has 0 radical (unpaired) electrons. The van der Waals surface area contributed by atoms with Crippen LogP contribution in [0.3, 0.4) is 0 Å². The smallest absolute Gasteiger partial charge is 0.255 e. The van der Waals surface area contributed by atoms with Gasteiger partial charge < -0.3 is 19.9 Å². The monoisotopic (exact) mass is 505 g/mol. The van der Waals surface area contributed by atoms with Gasteiger partial charge in [0.15, 0.2) is 0 Å². The van der Waals surface area contributed by atoms with Gasteiger partial charge in [-0.1, -0.05) is 77.9 Å². The maximum absolute atomic E-state index is 12.9. The highest BCUT2D eigenvalue weighted by atomic mass is 16.5. The van der Waals surface area contributed by atoms with Crippen molar-refractivity contribution in [3.63, 3.8) is 0 Å². The van der Waals surface area contributed by atoms with E-state index in [1.807, 2.05) is 25.1 Å². The van der Waals surface area contributed by atoms with Gasteiger partial charge in [-0.25, -0.2) is 0 Å². The van der Waals surface area contributed by atoms with Crippen molar-refractivity contribution < 1.29 is 19.4 Å². The summed E-state index contributed by atoms with van der Waals surface area (Å²) in [6.07, 6.45) is 2.72. The van der Waals surface area contributed by atoms with Crippen LogP contribution in [0.25, 0.3) is 10.8 Å². The average Bonchev–Trinajstić information content (AvgIpc) is 2.90. The van der Waals surface area contributed by atoms with Crippen LogP contribution in [0.5, 0.6) is 17.2 Å². The summed E-state index contributed by atoms with van der Waals surface area (Å²) in [6, 6.07) is 15.6. The van der Waals surface area contributed by atoms with Gasteiger partial charge in [-0.15, -0.1) is 0 Å². The van der Waals surface area contributed by atoms with Crippen LogP contribution in [0.15, 0.2) is 48.5 Å². The number of carbonyl (C=O) groups excluding carboxylic acids is 1. The van der Waals surface area contributed by atoms with Gasteiger partial charge in [0, 0.05) is 22.9 Å². The first kappa shape index (κ1) is 28.4. The van der Waals surface area contributed by atoms with Crippen LogP contribution in [0.1, 0.15) is 89.2 Å². The molecule has 1 amide bonds. The summed E-state index contributed by atoms with van der Waals surface area (Å²) in [5.74, 6) is 1.13. The number of phenols is 1. The van der Waals surface area contributed by atoms with Crippen molar-refractivity contribution >= 4 is 16.7 Å². The summed E-state index contributed by atoms with van der Waals surface area (Å²) < 4.78 is 12.0. The molecule has 0 fully saturated rings. The number of fused-ring (bicyclic) bond motifs is 1. The molecule has 37 heavy (non-hydrogen) atoms. The largest absolute Gasteiger partial charge is 0.506 e. The quantitative estimate of drug-likeness (QED) is 0.250. The van der Waals surface area contributed by atoms with Crippen molar-refractivity contribution in [3.05, 3.63) is 65.2 Å². The number of benzene rings is 3. The third-order valence-electron chi connectivity index (χ3n) is 7.64. The van der Waals surface area contributed by atoms with Crippen LogP contribution < -0.4 is 14.8 Å². The van der Waals surface area contributed by atoms with E-state index < -0.39 is 0 Å². The molecular formula is C32H43NO4. The van der Waals surface area contributed by atoms with Crippen molar-refractivity contribution in [1.29, 1.82) is 0 Å². The van der Waals surface area contributed by atoms with E-state index in [4.69, 9.17) is 9.47 Å². The molecule has 3 aromatic carbocycles. The number of hydrogen-bond donors (Lipinski definition) is 2. The predicted octanol–water partition coefficient (Wildman–Crippen LogP) is 7.52. The van der Waals surface area contributed by atoms with Crippen molar-refractivity contribution in [2.24, 2.45) is 0 Å². The number of ether oxygens (including phenoxy) is 2. The lowest BCUT2D eigenvalue weighted by molar-refractivity contribution is 0.0948. The number of aromatic hydroxyl groups is 1. The highest BCUT2D eigenvalue weighted by molar-refractivity contribution is 6.05. The molecule has 200 valence electrons. The van der Waals surface area contributed by atoms with E-state index in [-0.39, 0.29) is 28.1 Å². The lowest BCUT2D eigenvalue weighted by atomic mass is 9.76. The third-order valence-corrected chi connectivity index (χ3v) is 7.64. The number of carbonyl (C=O) groups is 1. The summed E-state index contributed by atoms with van der Waals surface area (Å²) in [5, 5.41) is 15.1. The molecule has 3 rings (SSSR count). The SMILES string of the molecule is CCOc1cc(C(=O)NCCCOc2ccc(C(C)(C)CC)cc2C(C)(C)CC)c(O)c2ccccc12. The minimum Gasteiger partial charge on any atom is -0.506 e. The molecule has 0 saturated heterocycles. The van der Waals surface area contributed by atoms with Crippen molar-refractivity contribution in [3.8, 4) is 17.2 Å². The fraction of sp³-hybridized carbons (Fsp3) is 0.469. The van der Waals surface area contributed by atoms with Gasteiger partial charge in [0.05, 0.1) is 18.8 Å². The maximum atomic E-state index is 12.9. The lowest BCUT2D eigenvalue weighted by Gasteiger charge is -2.30. The Bertz CT molecular complexity index is 1230. The molecule has 0 aliphatic heterocycles. The number of hydrogen-bond acceptors (Lipinski definition) is 4. The van der Waals surface area contributed by atoms with E-state index >= 15 is 0 Å². The zero-order valence-corrected chi connectivity index (χ0v) is 23.5. The molecule has 5 heteroatoms. The summed E-state index contributed by atoms with van der Waals surface area (Å²) in [4.78, 5) is 12.9. The van der Waals surface area contributed by atoms with Gasteiger partial charge in [0.2, 0.25) is 0 Å². The molecule has 0 aliphatic carbocycles. The first-order valence-electron chi connectivity index (χ1n) is 13.5. The topological polar surface area (TPSA) is 67.8 Å². The molecular weight excluding hydrogens is 462 g/mol. The van der Waals surface area contributed by atoms with Crippen LogP contribution >= 0.6 is 0 Å². The van der Waals surface area contributed by atoms with Crippen LogP contribution in [0.2, 0.25) is 0 Å². The first-order valence-corrected chi connectivity index (χ1v) is 13.5. The molecule has 2 N–H and O–H groups in total.